The molecule has 1 saturated heterocycles. The van der Waals surface area contributed by atoms with E-state index in [4.69, 9.17) is 0 Å². The first-order valence-corrected chi connectivity index (χ1v) is 6.73. The summed E-state index contributed by atoms with van der Waals surface area (Å²) >= 11 is 0. The summed E-state index contributed by atoms with van der Waals surface area (Å²) in [6.45, 7) is 3.17. The molecule has 0 radical (unpaired) electrons. The Kier molecular flexibility index (Phi) is 5.15. The van der Waals surface area contributed by atoms with Crippen molar-refractivity contribution < 1.29 is 4.79 Å². The highest BCUT2D eigenvalue weighted by Crippen LogP contribution is 2.08. The number of likely N-dealkylation sites (tertiary alicyclic amines) is 1. The van der Waals surface area contributed by atoms with Gasteiger partial charge in [0.25, 0.3) is 0 Å². The van der Waals surface area contributed by atoms with E-state index >= 15 is 0 Å². The van der Waals surface area contributed by atoms with Crippen LogP contribution in [0.3, 0.4) is 0 Å². The van der Waals surface area contributed by atoms with E-state index in [1.54, 1.807) is 12.4 Å². The van der Waals surface area contributed by atoms with E-state index in [0.717, 1.165) is 38.9 Å². The minimum absolute atomic E-state index is 0.240. The Hall–Kier alpha value is -1.42. The van der Waals surface area contributed by atoms with Gasteiger partial charge in [0, 0.05) is 25.5 Å². The molecule has 0 saturated carbocycles. The predicted molar refractivity (Wildman–Crippen MR) is 71.2 cm³/mol. The third-order valence-corrected chi connectivity index (χ3v) is 3.32. The van der Waals surface area contributed by atoms with E-state index in [-0.39, 0.29) is 5.91 Å². The molecule has 1 aliphatic heterocycles. The third-order valence-electron chi connectivity index (χ3n) is 3.32. The monoisotopic (exact) mass is 247 g/mol. The lowest BCUT2D eigenvalue weighted by Crippen LogP contribution is -2.41. The quantitative estimate of drug-likeness (QED) is 0.796. The van der Waals surface area contributed by atoms with Crippen LogP contribution in [0.1, 0.15) is 24.8 Å². The standard InChI is InChI=1S/C14H21N3O/c18-14(17-10-2-1-3-11-17)12-16-9-6-13-4-7-15-8-5-13/h4-5,7-8,16H,1-3,6,9-12H2. The van der Waals surface area contributed by atoms with Crippen molar-refractivity contribution in [2.45, 2.75) is 25.7 Å². The molecule has 2 rings (SSSR count). The molecule has 1 aromatic rings. The second kappa shape index (κ2) is 7.11. The van der Waals surface area contributed by atoms with Crippen LogP contribution in [0.25, 0.3) is 0 Å². The minimum atomic E-state index is 0.240. The number of carbonyl (C=O) groups is 1. The lowest BCUT2D eigenvalue weighted by Gasteiger charge is -2.26. The van der Waals surface area contributed by atoms with Gasteiger partial charge in [-0.25, -0.2) is 0 Å². The van der Waals surface area contributed by atoms with Gasteiger partial charge in [0.05, 0.1) is 6.54 Å². The number of hydrogen-bond acceptors (Lipinski definition) is 3. The zero-order valence-corrected chi connectivity index (χ0v) is 10.8. The zero-order valence-electron chi connectivity index (χ0n) is 10.8. The Labute approximate surface area is 108 Å². The summed E-state index contributed by atoms with van der Waals surface area (Å²) < 4.78 is 0. The zero-order chi connectivity index (χ0) is 12.6. The van der Waals surface area contributed by atoms with Gasteiger partial charge in [-0.3, -0.25) is 9.78 Å². The fourth-order valence-electron chi connectivity index (χ4n) is 2.23. The first kappa shape index (κ1) is 13.0. The highest BCUT2D eigenvalue weighted by atomic mass is 16.2. The first-order valence-electron chi connectivity index (χ1n) is 6.73. The van der Waals surface area contributed by atoms with Crippen molar-refractivity contribution in [1.82, 2.24) is 15.2 Å². The van der Waals surface area contributed by atoms with Gasteiger partial charge in [-0.05, 0) is 49.9 Å². The van der Waals surface area contributed by atoms with Gasteiger partial charge in [-0.1, -0.05) is 0 Å². The minimum Gasteiger partial charge on any atom is -0.342 e. The largest absolute Gasteiger partial charge is 0.342 e. The fraction of sp³-hybridized carbons (Fsp3) is 0.571. The molecule has 1 aromatic heterocycles. The van der Waals surface area contributed by atoms with Gasteiger partial charge in [0.15, 0.2) is 0 Å². The maximum Gasteiger partial charge on any atom is 0.236 e. The molecular weight excluding hydrogens is 226 g/mol. The van der Waals surface area contributed by atoms with Gasteiger partial charge in [0.2, 0.25) is 5.91 Å². The number of amides is 1. The van der Waals surface area contributed by atoms with Crippen LogP contribution < -0.4 is 5.32 Å². The summed E-state index contributed by atoms with van der Waals surface area (Å²) in [5.41, 5.74) is 1.25. The van der Waals surface area contributed by atoms with Crippen molar-refractivity contribution in [2.24, 2.45) is 0 Å². The number of nitrogens with zero attached hydrogens (tertiary/aromatic N) is 2. The molecule has 0 aliphatic carbocycles. The van der Waals surface area contributed by atoms with Gasteiger partial charge in [-0.15, -0.1) is 0 Å². The number of rotatable bonds is 5. The molecule has 98 valence electrons. The topological polar surface area (TPSA) is 45.2 Å². The second-order valence-electron chi connectivity index (χ2n) is 4.72. The van der Waals surface area contributed by atoms with Gasteiger partial charge in [-0.2, -0.15) is 0 Å². The van der Waals surface area contributed by atoms with Crippen molar-refractivity contribution in [2.75, 3.05) is 26.2 Å². The van der Waals surface area contributed by atoms with Crippen LogP contribution in [0, 0.1) is 0 Å². The maximum absolute atomic E-state index is 11.9. The molecule has 1 aliphatic rings. The molecule has 0 aromatic carbocycles. The molecule has 2 heterocycles. The van der Waals surface area contributed by atoms with E-state index in [1.165, 1.54) is 12.0 Å². The summed E-state index contributed by atoms with van der Waals surface area (Å²) in [6, 6.07) is 4.02. The van der Waals surface area contributed by atoms with E-state index in [0.29, 0.717) is 6.54 Å². The van der Waals surface area contributed by atoms with E-state index in [2.05, 4.69) is 10.3 Å². The van der Waals surface area contributed by atoms with Crippen molar-refractivity contribution in [1.29, 1.82) is 0 Å². The average molecular weight is 247 g/mol. The number of hydrogen-bond donors (Lipinski definition) is 1. The van der Waals surface area contributed by atoms with E-state index < -0.39 is 0 Å². The van der Waals surface area contributed by atoms with Crippen LogP contribution in [0.5, 0.6) is 0 Å². The van der Waals surface area contributed by atoms with Crippen molar-refractivity contribution in [3.8, 4) is 0 Å². The van der Waals surface area contributed by atoms with Crippen LogP contribution in [-0.2, 0) is 11.2 Å². The lowest BCUT2D eigenvalue weighted by atomic mass is 10.1. The molecule has 0 unspecified atom stereocenters. The normalized spacial score (nSPS) is 15.7. The Morgan fingerprint density at radius 3 is 2.67 bits per heavy atom. The SMILES string of the molecule is O=C(CNCCc1ccncc1)N1CCCCC1. The van der Waals surface area contributed by atoms with Crippen molar-refractivity contribution >= 4 is 5.91 Å². The third kappa shape index (κ3) is 4.11. The van der Waals surface area contributed by atoms with Crippen LogP contribution in [0.4, 0.5) is 0 Å². The van der Waals surface area contributed by atoms with Crippen LogP contribution >= 0.6 is 0 Å². The smallest absolute Gasteiger partial charge is 0.236 e. The first-order chi connectivity index (χ1) is 8.86. The van der Waals surface area contributed by atoms with E-state index in [1.807, 2.05) is 17.0 Å². The van der Waals surface area contributed by atoms with Crippen molar-refractivity contribution in [3.05, 3.63) is 30.1 Å². The molecule has 1 fully saturated rings. The average Bonchev–Trinajstić information content (AvgIpc) is 2.45. The summed E-state index contributed by atoms with van der Waals surface area (Å²) in [4.78, 5) is 17.8. The van der Waals surface area contributed by atoms with Gasteiger partial charge in [0.1, 0.15) is 0 Å². The summed E-state index contributed by atoms with van der Waals surface area (Å²) in [7, 11) is 0. The Morgan fingerprint density at radius 1 is 1.22 bits per heavy atom. The van der Waals surface area contributed by atoms with Gasteiger partial charge < -0.3 is 10.2 Å². The summed E-state index contributed by atoms with van der Waals surface area (Å²) in [5.74, 6) is 0.240. The molecular formula is C14H21N3O. The maximum atomic E-state index is 11.9. The molecule has 4 nitrogen and oxygen atoms in total. The van der Waals surface area contributed by atoms with Crippen molar-refractivity contribution in [3.63, 3.8) is 0 Å². The predicted octanol–water partition coefficient (Wildman–Crippen LogP) is 1.23. The summed E-state index contributed by atoms with van der Waals surface area (Å²) in [5, 5.41) is 3.22. The van der Waals surface area contributed by atoms with Crippen LogP contribution in [0.2, 0.25) is 0 Å². The molecule has 0 spiro atoms. The van der Waals surface area contributed by atoms with Crippen LogP contribution in [-0.4, -0.2) is 42.0 Å². The lowest BCUT2D eigenvalue weighted by molar-refractivity contribution is -0.131. The molecule has 1 amide bonds. The number of carbonyl (C=O) groups excluding carboxylic acids is 1. The van der Waals surface area contributed by atoms with Gasteiger partial charge >= 0.3 is 0 Å². The molecule has 0 atom stereocenters. The Balaban J connectivity index is 1.61. The molecule has 4 heteroatoms. The molecule has 18 heavy (non-hydrogen) atoms. The summed E-state index contributed by atoms with van der Waals surface area (Å²) in [6.07, 6.45) is 8.11. The van der Waals surface area contributed by atoms with E-state index in [9.17, 15) is 4.79 Å². The highest BCUT2D eigenvalue weighted by molar-refractivity contribution is 5.78. The van der Waals surface area contributed by atoms with Crippen LogP contribution in [0.15, 0.2) is 24.5 Å². The number of pyridine rings is 1. The number of piperidine rings is 1. The Morgan fingerprint density at radius 2 is 1.94 bits per heavy atom. The number of nitrogens with one attached hydrogen (secondary N) is 1. The molecule has 0 bridgehead atoms. The second-order valence-corrected chi connectivity index (χ2v) is 4.72. The highest BCUT2D eigenvalue weighted by Gasteiger charge is 2.15. The Bertz CT molecular complexity index is 361. The fourth-order valence-corrected chi connectivity index (χ4v) is 2.23. The molecule has 1 N–H and O–H groups in total. The number of aromatic nitrogens is 1.